The van der Waals surface area contributed by atoms with E-state index in [2.05, 4.69) is 10.3 Å². The van der Waals surface area contributed by atoms with E-state index in [0.29, 0.717) is 4.74 Å². The van der Waals surface area contributed by atoms with E-state index in [1.54, 1.807) is 0 Å². The normalized spacial score (nSPS) is 13.8. The van der Waals surface area contributed by atoms with Gasteiger partial charge in [-0.15, -0.1) is 4.91 Å². The van der Waals surface area contributed by atoms with Crippen molar-refractivity contribution < 1.29 is 13.5 Å². The van der Waals surface area contributed by atoms with Crippen molar-refractivity contribution in [1.29, 1.82) is 0 Å². The van der Waals surface area contributed by atoms with Gasteiger partial charge in [0.05, 0.1) is 16.5 Å². The molecular weight excluding hydrogens is 354 g/mol. The Morgan fingerprint density at radius 1 is 1.28 bits per heavy atom. The number of halogens is 3. The molecule has 6 nitrogen and oxygen atoms in total. The molecule has 0 bridgehead atoms. The van der Waals surface area contributed by atoms with Crippen LogP contribution in [0.15, 0.2) is 46.7 Å². The molecule has 0 amide bonds. The van der Waals surface area contributed by atoms with Gasteiger partial charge in [-0.25, -0.2) is 18.8 Å². The molecule has 3 rings (SSSR count). The fraction of sp³-hybridized carbons (Fsp3) is 0.125. The van der Waals surface area contributed by atoms with Crippen molar-refractivity contribution in [2.45, 2.75) is 0 Å². The maximum atomic E-state index is 14.3. The molecule has 1 heterocycles. The van der Waals surface area contributed by atoms with E-state index in [1.165, 1.54) is 31.3 Å². The van der Waals surface area contributed by atoms with Crippen molar-refractivity contribution in [2.75, 3.05) is 13.6 Å². The predicted molar refractivity (Wildman–Crippen MR) is 90.2 cm³/mol. The maximum Gasteiger partial charge on any atom is 0.234 e. The number of fused-ring (bicyclic) bond motifs is 1. The molecule has 0 unspecified atom stereocenters. The van der Waals surface area contributed by atoms with Crippen molar-refractivity contribution in [3.63, 3.8) is 0 Å². The van der Waals surface area contributed by atoms with E-state index >= 15 is 0 Å². The minimum Gasteiger partial charge on any atom is -0.623 e. The molecule has 2 aromatic carbocycles. The predicted octanol–water partition coefficient (Wildman–Crippen LogP) is 3.62. The van der Waals surface area contributed by atoms with Gasteiger partial charge in [0.2, 0.25) is 12.3 Å². The Balaban J connectivity index is 2.33. The third-order valence-corrected chi connectivity index (χ3v) is 3.93. The number of benzene rings is 2. The Labute approximate surface area is 146 Å². The first-order chi connectivity index (χ1) is 11.9. The molecule has 0 saturated carbocycles. The minimum absolute atomic E-state index is 0.0281. The fourth-order valence-electron chi connectivity index (χ4n) is 2.52. The quantitative estimate of drug-likeness (QED) is 0.353. The topological polar surface area (TPSA) is 71.1 Å². The van der Waals surface area contributed by atoms with E-state index in [9.17, 15) is 18.9 Å². The Kier molecular flexibility index (Phi) is 4.45. The molecule has 25 heavy (non-hydrogen) atoms. The third kappa shape index (κ3) is 3.08. The van der Waals surface area contributed by atoms with Gasteiger partial charge >= 0.3 is 0 Å². The summed E-state index contributed by atoms with van der Waals surface area (Å²) in [4.78, 5) is 15.0. The fourth-order valence-corrected chi connectivity index (χ4v) is 2.69. The van der Waals surface area contributed by atoms with Crippen molar-refractivity contribution in [3.8, 4) is 0 Å². The second kappa shape index (κ2) is 6.56. The lowest BCUT2D eigenvalue weighted by Gasteiger charge is -2.13. The van der Waals surface area contributed by atoms with Crippen LogP contribution in [0.2, 0.25) is 5.02 Å². The summed E-state index contributed by atoms with van der Waals surface area (Å²) in [5.74, 6) is -1.76. The SMILES string of the molecule is CN(N=O)C1=Nc2ccc(Cl)cc2C(c2c(F)cccc2F)=[N+]([O-])C1. The highest BCUT2D eigenvalue weighted by molar-refractivity contribution is 6.31. The van der Waals surface area contributed by atoms with Crippen molar-refractivity contribution in [2.24, 2.45) is 10.3 Å². The zero-order chi connectivity index (χ0) is 18.1. The van der Waals surface area contributed by atoms with Crippen LogP contribution in [0.4, 0.5) is 14.5 Å². The average Bonchev–Trinajstić information content (AvgIpc) is 2.71. The number of amidine groups is 1. The van der Waals surface area contributed by atoms with Gasteiger partial charge in [-0.3, -0.25) is 0 Å². The first-order valence-electron chi connectivity index (χ1n) is 7.13. The molecule has 9 heteroatoms. The Morgan fingerprint density at radius 2 is 1.96 bits per heavy atom. The molecule has 0 spiro atoms. The second-order valence-electron chi connectivity index (χ2n) is 5.28. The van der Waals surface area contributed by atoms with Gasteiger partial charge in [-0.1, -0.05) is 17.7 Å². The molecule has 0 fully saturated rings. The highest BCUT2D eigenvalue weighted by Crippen LogP contribution is 2.30. The summed E-state index contributed by atoms with van der Waals surface area (Å²) < 4.78 is 28.9. The van der Waals surface area contributed by atoms with E-state index in [4.69, 9.17) is 11.6 Å². The highest BCUT2D eigenvalue weighted by atomic mass is 35.5. The number of hydrogen-bond donors (Lipinski definition) is 0. The van der Waals surface area contributed by atoms with Gasteiger partial charge in [-0.2, -0.15) is 4.74 Å². The summed E-state index contributed by atoms with van der Waals surface area (Å²) in [6.45, 7) is -0.419. The summed E-state index contributed by atoms with van der Waals surface area (Å²) in [7, 11) is 1.32. The van der Waals surface area contributed by atoms with Crippen molar-refractivity contribution in [3.05, 3.63) is 74.3 Å². The van der Waals surface area contributed by atoms with Gasteiger partial charge in [0.1, 0.15) is 17.2 Å². The van der Waals surface area contributed by atoms with Crippen LogP contribution in [0.5, 0.6) is 0 Å². The Bertz CT molecular complexity index is 910. The smallest absolute Gasteiger partial charge is 0.234 e. The van der Waals surface area contributed by atoms with Crippen molar-refractivity contribution >= 4 is 28.8 Å². The zero-order valence-corrected chi connectivity index (χ0v) is 13.7. The minimum atomic E-state index is -0.896. The van der Waals surface area contributed by atoms with Crippen LogP contribution < -0.4 is 0 Å². The van der Waals surface area contributed by atoms with Crippen LogP contribution in [0.1, 0.15) is 11.1 Å². The van der Waals surface area contributed by atoms with Crippen LogP contribution in [0, 0.1) is 21.7 Å². The van der Waals surface area contributed by atoms with Gasteiger partial charge in [0, 0.05) is 12.1 Å². The molecule has 128 valence electrons. The van der Waals surface area contributed by atoms with E-state index in [1.807, 2.05) is 0 Å². The largest absolute Gasteiger partial charge is 0.623 e. The Hall–Kier alpha value is -2.87. The number of nitrogens with zero attached hydrogens (tertiary/aromatic N) is 4. The van der Waals surface area contributed by atoms with Gasteiger partial charge in [0.15, 0.2) is 5.84 Å². The lowest BCUT2D eigenvalue weighted by Crippen LogP contribution is -2.31. The van der Waals surface area contributed by atoms with Crippen LogP contribution in [-0.2, 0) is 0 Å². The lowest BCUT2D eigenvalue weighted by atomic mass is 9.99. The number of hydrogen-bond acceptors (Lipinski definition) is 4. The molecule has 0 aliphatic carbocycles. The molecule has 1 aliphatic heterocycles. The molecule has 0 saturated heterocycles. The van der Waals surface area contributed by atoms with Crippen LogP contribution >= 0.6 is 11.6 Å². The first kappa shape index (κ1) is 17.0. The van der Waals surface area contributed by atoms with Crippen LogP contribution in [0.25, 0.3) is 0 Å². The standard InChI is InChI=1S/C16H11ClF2N4O2/c1-22(21-24)14-8-23(25)16(15-11(18)3-2-4-12(15)19)10-7-9(17)5-6-13(10)20-14/h2-7H,8H2,1H3. The number of hydroxylamine groups is 1. The summed E-state index contributed by atoms with van der Waals surface area (Å²) in [6.07, 6.45) is 0. The molecular formula is C16H11ClF2N4O2. The van der Waals surface area contributed by atoms with E-state index in [-0.39, 0.29) is 27.8 Å². The van der Waals surface area contributed by atoms with Crippen LogP contribution in [0.3, 0.4) is 0 Å². The zero-order valence-electron chi connectivity index (χ0n) is 12.9. The average molecular weight is 365 g/mol. The summed E-state index contributed by atoms with van der Waals surface area (Å²) >= 11 is 5.99. The molecule has 0 N–H and O–H groups in total. The molecule has 0 aromatic heterocycles. The number of likely N-dealkylation sites (N-methyl/N-ethyl adjacent to an activating group) is 1. The van der Waals surface area contributed by atoms with Crippen LogP contribution in [-0.4, -0.2) is 34.9 Å². The van der Waals surface area contributed by atoms with Gasteiger partial charge in [-0.05, 0) is 30.3 Å². The van der Waals surface area contributed by atoms with E-state index < -0.39 is 23.7 Å². The molecule has 0 atom stereocenters. The van der Waals surface area contributed by atoms with Gasteiger partial charge < -0.3 is 5.21 Å². The number of aliphatic imine (C=N–C) groups is 1. The molecule has 0 radical (unpaired) electrons. The lowest BCUT2D eigenvalue weighted by molar-refractivity contribution is -0.440. The highest BCUT2D eigenvalue weighted by Gasteiger charge is 2.30. The Morgan fingerprint density at radius 3 is 2.60 bits per heavy atom. The molecule has 2 aromatic rings. The third-order valence-electron chi connectivity index (χ3n) is 3.69. The van der Waals surface area contributed by atoms with Gasteiger partial charge in [0.25, 0.3) is 0 Å². The van der Waals surface area contributed by atoms with Crippen molar-refractivity contribution in [1.82, 2.24) is 5.01 Å². The summed E-state index contributed by atoms with van der Waals surface area (Å²) in [6, 6.07) is 7.71. The second-order valence-corrected chi connectivity index (χ2v) is 5.71. The molecule has 1 aliphatic rings. The van der Waals surface area contributed by atoms with E-state index in [0.717, 1.165) is 17.1 Å². The number of rotatable bonds is 2. The first-order valence-corrected chi connectivity index (χ1v) is 7.50. The summed E-state index contributed by atoms with van der Waals surface area (Å²) in [5, 5.41) is 16.5. The monoisotopic (exact) mass is 364 g/mol. The maximum absolute atomic E-state index is 14.3. The number of nitroso groups, excluding NO2 is 1. The summed E-state index contributed by atoms with van der Waals surface area (Å²) in [5.41, 5.74) is -0.350.